The number of nitrogens with one attached hydrogen (secondary N) is 1. The molecule has 1 aromatic heterocycles. The number of hydrogen-bond acceptors (Lipinski definition) is 6. The Labute approximate surface area is 194 Å². The third-order valence-corrected chi connectivity index (χ3v) is 7.81. The summed E-state index contributed by atoms with van der Waals surface area (Å²) in [4.78, 5) is 26.3. The molecule has 1 atom stereocenters. The minimum absolute atomic E-state index is 0.0417. The van der Waals surface area contributed by atoms with E-state index in [1.807, 2.05) is 6.92 Å². The van der Waals surface area contributed by atoms with Gasteiger partial charge in [0.1, 0.15) is 9.90 Å². The monoisotopic (exact) mass is 504 g/mol. The van der Waals surface area contributed by atoms with Gasteiger partial charge in [-0.15, -0.1) is 11.3 Å². The highest BCUT2D eigenvalue weighted by molar-refractivity contribution is 7.89. The molecule has 1 heterocycles. The molecule has 0 saturated carbocycles. The van der Waals surface area contributed by atoms with Crippen molar-refractivity contribution in [3.05, 3.63) is 43.7 Å². The standard InChI is InChI=1S/C20H22Cl2N2O5S2/c1-3-6-29-20(26)17-11-5-4-10(2)7-15(11)30-19(17)24-18(25)12-8-16(31(23,27)28)14(22)9-13(12)21/h8-10H,3-7H2,1-2H3,(H,24,25)(H2,23,27,28). The number of ether oxygens (including phenoxy) is 1. The van der Waals surface area contributed by atoms with Gasteiger partial charge in [-0.1, -0.05) is 37.0 Å². The first kappa shape index (κ1) is 24.0. The number of nitrogens with two attached hydrogens (primary N) is 1. The van der Waals surface area contributed by atoms with E-state index in [1.54, 1.807) is 0 Å². The van der Waals surface area contributed by atoms with Crippen LogP contribution in [0.1, 0.15) is 57.8 Å². The van der Waals surface area contributed by atoms with E-state index in [-0.39, 0.29) is 22.2 Å². The Kier molecular flexibility index (Phi) is 7.32. The van der Waals surface area contributed by atoms with Crippen LogP contribution in [-0.4, -0.2) is 26.9 Å². The second-order valence-electron chi connectivity index (χ2n) is 7.45. The van der Waals surface area contributed by atoms with E-state index in [0.717, 1.165) is 41.8 Å². The van der Waals surface area contributed by atoms with Crippen molar-refractivity contribution in [2.24, 2.45) is 11.1 Å². The van der Waals surface area contributed by atoms with Crippen molar-refractivity contribution >= 4 is 61.4 Å². The van der Waals surface area contributed by atoms with Gasteiger partial charge in [-0.3, -0.25) is 4.79 Å². The van der Waals surface area contributed by atoms with Crippen molar-refractivity contribution in [1.82, 2.24) is 0 Å². The number of sulfonamides is 1. The summed E-state index contributed by atoms with van der Waals surface area (Å²) in [6, 6.07) is 2.18. The molecule has 11 heteroatoms. The molecule has 3 N–H and O–H groups in total. The van der Waals surface area contributed by atoms with Crippen LogP contribution in [0.4, 0.5) is 5.00 Å². The van der Waals surface area contributed by atoms with Crippen LogP contribution in [0.15, 0.2) is 17.0 Å². The number of hydrogen-bond donors (Lipinski definition) is 2. The Morgan fingerprint density at radius 3 is 2.65 bits per heavy atom. The number of anilines is 1. The minimum atomic E-state index is -4.16. The van der Waals surface area contributed by atoms with E-state index in [0.29, 0.717) is 22.9 Å². The van der Waals surface area contributed by atoms with Gasteiger partial charge in [-0.25, -0.2) is 18.4 Å². The van der Waals surface area contributed by atoms with Gasteiger partial charge in [0.25, 0.3) is 5.91 Å². The van der Waals surface area contributed by atoms with Gasteiger partial charge in [0.2, 0.25) is 10.0 Å². The largest absolute Gasteiger partial charge is 0.462 e. The molecule has 1 amide bonds. The van der Waals surface area contributed by atoms with Gasteiger partial charge in [0.15, 0.2) is 0 Å². The van der Waals surface area contributed by atoms with Gasteiger partial charge in [0, 0.05) is 4.88 Å². The zero-order valence-corrected chi connectivity index (χ0v) is 20.1. The Morgan fingerprint density at radius 2 is 2.00 bits per heavy atom. The Balaban J connectivity index is 2.01. The second kappa shape index (κ2) is 9.46. The molecule has 1 aromatic carbocycles. The van der Waals surface area contributed by atoms with Crippen LogP contribution in [0.25, 0.3) is 0 Å². The molecule has 2 aromatic rings. The SMILES string of the molecule is CCCOC(=O)c1c(NC(=O)c2cc(S(N)(=O)=O)c(Cl)cc2Cl)sc2c1CCC(C)C2. The first-order chi connectivity index (χ1) is 14.5. The number of thiophene rings is 1. The number of rotatable bonds is 6. The smallest absolute Gasteiger partial charge is 0.341 e. The average molecular weight is 505 g/mol. The normalized spacial score (nSPS) is 16.0. The molecule has 31 heavy (non-hydrogen) atoms. The number of amides is 1. The van der Waals surface area contributed by atoms with Crippen molar-refractivity contribution in [2.75, 3.05) is 11.9 Å². The van der Waals surface area contributed by atoms with Crippen LogP contribution >= 0.6 is 34.5 Å². The summed E-state index contributed by atoms with van der Waals surface area (Å²) in [6.07, 6.45) is 3.14. The number of halogens is 2. The fourth-order valence-electron chi connectivity index (χ4n) is 3.41. The molecular weight excluding hydrogens is 483 g/mol. The van der Waals surface area contributed by atoms with Crippen molar-refractivity contribution in [2.45, 2.75) is 44.4 Å². The third-order valence-electron chi connectivity index (χ3n) is 4.95. The van der Waals surface area contributed by atoms with Crippen LogP contribution in [0.5, 0.6) is 0 Å². The highest BCUT2D eigenvalue weighted by Gasteiger charge is 2.30. The lowest BCUT2D eigenvalue weighted by molar-refractivity contribution is 0.0505. The van der Waals surface area contributed by atoms with Gasteiger partial charge < -0.3 is 10.1 Å². The molecule has 0 aliphatic heterocycles. The minimum Gasteiger partial charge on any atom is -0.462 e. The maximum Gasteiger partial charge on any atom is 0.341 e. The number of esters is 1. The zero-order valence-electron chi connectivity index (χ0n) is 17.0. The Bertz CT molecular complexity index is 1140. The molecule has 3 rings (SSSR count). The summed E-state index contributed by atoms with van der Waals surface area (Å²) in [5, 5.41) is 8.01. The van der Waals surface area contributed by atoms with Gasteiger partial charge in [-0.05, 0) is 49.3 Å². The molecule has 168 valence electrons. The van der Waals surface area contributed by atoms with E-state index in [1.165, 1.54) is 11.3 Å². The first-order valence-electron chi connectivity index (χ1n) is 9.67. The second-order valence-corrected chi connectivity index (χ2v) is 10.9. The third kappa shape index (κ3) is 5.23. The highest BCUT2D eigenvalue weighted by atomic mass is 35.5. The average Bonchev–Trinajstić information content (AvgIpc) is 3.01. The maximum absolute atomic E-state index is 13.0. The van der Waals surface area contributed by atoms with Crippen LogP contribution in [0.2, 0.25) is 10.0 Å². The van der Waals surface area contributed by atoms with Crippen LogP contribution in [-0.2, 0) is 27.6 Å². The lowest BCUT2D eigenvalue weighted by atomic mass is 9.88. The predicted molar refractivity (Wildman–Crippen MR) is 122 cm³/mol. The number of carbonyl (C=O) groups excluding carboxylic acids is 2. The zero-order chi connectivity index (χ0) is 22.9. The molecule has 0 saturated heterocycles. The van der Waals surface area contributed by atoms with Crippen LogP contribution < -0.4 is 10.5 Å². The topological polar surface area (TPSA) is 116 Å². The van der Waals surface area contributed by atoms with Crippen molar-refractivity contribution in [3.8, 4) is 0 Å². The fraction of sp³-hybridized carbons (Fsp3) is 0.400. The molecule has 1 aliphatic rings. The van der Waals surface area contributed by atoms with E-state index in [4.69, 9.17) is 33.1 Å². The molecule has 0 radical (unpaired) electrons. The number of fused-ring (bicyclic) bond motifs is 1. The Hall–Kier alpha value is -1.65. The maximum atomic E-state index is 13.0. The van der Waals surface area contributed by atoms with E-state index < -0.39 is 26.8 Å². The summed E-state index contributed by atoms with van der Waals surface area (Å²) >= 11 is 13.4. The summed E-state index contributed by atoms with van der Waals surface area (Å²) in [5.74, 6) is -0.698. The molecule has 0 bridgehead atoms. The van der Waals surface area contributed by atoms with Gasteiger partial charge in [0.05, 0.1) is 27.8 Å². The lowest BCUT2D eigenvalue weighted by Crippen LogP contribution is -2.18. The van der Waals surface area contributed by atoms with Crippen LogP contribution in [0.3, 0.4) is 0 Å². The number of primary sulfonamides is 1. The van der Waals surface area contributed by atoms with Gasteiger partial charge >= 0.3 is 5.97 Å². The molecule has 0 spiro atoms. The molecule has 1 unspecified atom stereocenters. The summed E-state index contributed by atoms with van der Waals surface area (Å²) in [7, 11) is -4.16. The number of benzene rings is 1. The lowest BCUT2D eigenvalue weighted by Gasteiger charge is -2.18. The quantitative estimate of drug-likeness (QED) is 0.555. The van der Waals surface area contributed by atoms with Gasteiger partial charge in [-0.2, -0.15) is 0 Å². The van der Waals surface area contributed by atoms with Crippen LogP contribution in [0, 0.1) is 5.92 Å². The van der Waals surface area contributed by atoms with E-state index in [2.05, 4.69) is 12.2 Å². The molecule has 7 nitrogen and oxygen atoms in total. The first-order valence-corrected chi connectivity index (χ1v) is 12.8. The summed E-state index contributed by atoms with van der Waals surface area (Å²) < 4.78 is 28.9. The van der Waals surface area contributed by atoms with Crippen molar-refractivity contribution in [3.63, 3.8) is 0 Å². The van der Waals surface area contributed by atoms with E-state index >= 15 is 0 Å². The number of carbonyl (C=O) groups is 2. The van der Waals surface area contributed by atoms with E-state index in [9.17, 15) is 18.0 Å². The molecule has 0 fully saturated rings. The summed E-state index contributed by atoms with van der Waals surface area (Å²) in [6.45, 7) is 4.30. The van der Waals surface area contributed by atoms with Crippen molar-refractivity contribution < 1.29 is 22.7 Å². The molecule has 1 aliphatic carbocycles. The predicted octanol–water partition coefficient (Wildman–Crippen LogP) is 4.65. The summed E-state index contributed by atoms with van der Waals surface area (Å²) in [5.41, 5.74) is 1.13. The molecular formula is C20H22Cl2N2O5S2. The highest BCUT2D eigenvalue weighted by Crippen LogP contribution is 2.40. The Morgan fingerprint density at radius 1 is 1.29 bits per heavy atom. The van der Waals surface area contributed by atoms with Crippen molar-refractivity contribution in [1.29, 1.82) is 0 Å². The fourth-order valence-corrected chi connectivity index (χ4v) is 6.21.